The van der Waals surface area contributed by atoms with Gasteiger partial charge in [-0.1, -0.05) is 25.1 Å². The van der Waals surface area contributed by atoms with Crippen LogP contribution in [0.2, 0.25) is 0 Å². The predicted octanol–water partition coefficient (Wildman–Crippen LogP) is 2.57. The van der Waals surface area contributed by atoms with E-state index in [-0.39, 0.29) is 5.91 Å². The first-order valence-corrected chi connectivity index (χ1v) is 8.13. The van der Waals surface area contributed by atoms with Gasteiger partial charge >= 0.3 is 0 Å². The summed E-state index contributed by atoms with van der Waals surface area (Å²) in [5.41, 5.74) is 3.04. The Bertz CT molecular complexity index is 700. The van der Waals surface area contributed by atoms with Crippen LogP contribution >= 0.6 is 0 Å². The fourth-order valence-corrected chi connectivity index (χ4v) is 2.29. The van der Waals surface area contributed by atoms with E-state index in [1.54, 1.807) is 6.07 Å². The Labute approximate surface area is 143 Å². The number of hydrogen-bond donors (Lipinski definition) is 2. The molecule has 0 bridgehead atoms. The van der Waals surface area contributed by atoms with Crippen LogP contribution in [0.4, 0.5) is 11.6 Å². The van der Waals surface area contributed by atoms with Gasteiger partial charge in [-0.2, -0.15) is 0 Å². The van der Waals surface area contributed by atoms with E-state index >= 15 is 0 Å². The van der Waals surface area contributed by atoms with Gasteiger partial charge in [0.2, 0.25) is 5.95 Å². The van der Waals surface area contributed by atoms with Gasteiger partial charge in [-0.15, -0.1) is 0 Å². The van der Waals surface area contributed by atoms with E-state index in [1.165, 1.54) is 0 Å². The fourth-order valence-electron chi connectivity index (χ4n) is 2.29. The minimum Gasteiger partial charge on any atom is -0.353 e. The van der Waals surface area contributed by atoms with Gasteiger partial charge in [0.05, 0.1) is 0 Å². The highest BCUT2D eigenvalue weighted by molar-refractivity contribution is 6.03. The number of nitrogens with one attached hydrogen (secondary N) is 2. The fraction of sp³-hybridized carbons (Fsp3) is 0.389. The number of aromatic nitrogens is 2. The van der Waals surface area contributed by atoms with Crippen LogP contribution in [0.25, 0.3) is 0 Å². The zero-order chi connectivity index (χ0) is 17.5. The van der Waals surface area contributed by atoms with E-state index in [0.29, 0.717) is 11.6 Å². The van der Waals surface area contributed by atoms with Crippen LogP contribution in [-0.4, -0.2) is 48.0 Å². The average molecular weight is 327 g/mol. The second kappa shape index (κ2) is 8.40. The van der Waals surface area contributed by atoms with Crippen molar-refractivity contribution in [2.45, 2.75) is 20.3 Å². The molecule has 0 aliphatic rings. The largest absolute Gasteiger partial charge is 0.353 e. The van der Waals surface area contributed by atoms with Crippen LogP contribution in [0.3, 0.4) is 0 Å². The maximum atomic E-state index is 12.5. The number of para-hydroxylation sites is 1. The van der Waals surface area contributed by atoms with E-state index in [1.807, 2.05) is 45.3 Å². The van der Waals surface area contributed by atoms with Crippen LogP contribution in [0.5, 0.6) is 0 Å². The van der Waals surface area contributed by atoms with Crippen LogP contribution < -0.4 is 10.6 Å². The molecule has 1 amide bonds. The molecule has 1 heterocycles. The molecule has 6 heteroatoms. The molecule has 0 atom stereocenters. The van der Waals surface area contributed by atoms with Crippen molar-refractivity contribution in [3.8, 4) is 0 Å². The zero-order valence-electron chi connectivity index (χ0n) is 14.8. The van der Waals surface area contributed by atoms with Gasteiger partial charge in [-0.3, -0.25) is 4.79 Å². The van der Waals surface area contributed by atoms with Crippen LogP contribution in [0, 0.1) is 6.92 Å². The molecule has 2 aromatic rings. The monoisotopic (exact) mass is 327 g/mol. The first kappa shape index (κ1) is 17.9. The molecule has 128 valence electrons. The van der Waals surface area contributed by atoms with Crippen LogP contribution in [0.1, 0.15) is 28.7 Å². The third kappa shape index (κ3) is 5.03. The summed E-state index contributed by atoms with van der Waals surface area (Å²) < 4.78 is 0. The Morgan fingerprint density at radius 1 is 1.21 bits per heavy atom. The van der Waals surface area contributed by atoms with Gasteiger partial charge in [0, 0.05) is 24.5 Å². The van der Waals surface area contributed by atoms with Crippen LogP contribution in [-0.2, 0) is 6.42 Å². The molecule has 0 fully saturated rings. The molecule has 1 aromatic heterocycles. The van der Waals surface area contributed by atoms with E-state index in [4.69, 9.17) is 0 Å². The molecule has 0 spiro atoms. The minimum atomic E-state index is -0.225. The molecule has 0 aliphatic carbocycles. The molecule has 0 saturated carbocycles. The highest BCUT2D eigenvalue weighted by Crippen LogP contribution is 2.16. The molecule has 24 heavy (non-hydrogen) atoms. The number of carbonyl (C=O) groups is 1. The Balaban J connectivity index is 2.12. The maximum absolute atomic E-state index is 12.5. The SMILES string of the molecule is CCc1ccccc1NC(=O)c1cc(C)nc(NCCN(C)C)n1. The lowest BCUT2D eigenvalue weighted by Gasteiger charge is -2.12. The second-order valence-corrected chi connectivity index (χ2v) is 5.91. The highest BCUT2D eigenvalue weighted by Gasteiger charge is 2.12. The number of amides is 1. The molecule has 2 rings (SSSR count). The molecule has 6 nitrogen and oxygen atoms in total. The van der Waals surface area contributed by atoms with Gasteiger partial charge in [0.1, 0.15) is 5.69 Å². The van der Waals surface area contributed by atoms with Gasteiger partial charge in [0.15, 0.2) is 0 Å². The quantitative estimate of drug-likeness (QED) is 0.818. The summed E-state index contributed by atoms with van der Waals surface area (Å²) in [6.07, 6.45) is 0.858. The highest BCUT2D eigenvalue weighted by atomic mass is 16.1. The van der Waals surface area contributed by atoms with Gasteiger partial charge in [-0.25, -0.2) is 9.97 Å². The Morgan fingerprint density at radius 2 is 1.96 bits per heavy atom. The lowest BCUT2D eigenvalue weighted by molar-refractivity contribution is 0.102. The topological polar surface area (TPSA) is 70.2 Å². The smallest absolute Gasteiger partial charge is 0.274 e. The second-order valence-electron chi connectivity index (χ2n) is 5.91. The number of anilines is 2. The first-order valence-electron chi connectivity index (χ1n) is 8.13. The number of rotatable bonds is 7. The normalized spacial score (nSPS) is 10.7. The standard InChI is InChI=1S/C18H25N5O/c1-5-14-8-6-7-9-15(14)21-17(24)16-12-13(2)20-18(22-16)19-10-11-23(3)4/h6-9,12H,5,10-11H2,1-4H3,(H,21,24)(H,19,20,22). The van der Waals surface area contributed by atoms with E-state index in [9.17, 15) is 4.79 Å². The number of nitrogens with zero attached hydrogens (tertiary/aromatic N) is 3. The molecule has 1 aromatic carbocycles. The van der Waals surface area contributed by atoms with E-state index in [0.717, 1.165) is 36.5 Å². The number of aryl methyl sites for hydroxylation is 2. The number of likely N-dealkylation sites (N-methyl/N-ethyl adjacent to an activating group) is 1. The lowest BCUT2D eigenvalue weighted by Crippen LogP contribution is -2.22. The molecular formula is C18H25N5O. The zero-order valence-corrected chi connectivity index (χ0v) is 14.8. The summed E-state index contributed by atoms with van der Waals surface area (Å²) in [6.45, 7) is 5.50. The van der Waals surface area contributed by atoms with Crippen molar-refractivity contribution in [3.05, 3.63) is 47.3 Å². The van der Waals surface area contributed by atoms with Crippen molar-refractivity contribution in [1.29, 1.82) is 0 Å². The summed E-state index contributed by atoms with van der Waals surface area (Å²) >= 11 is 0. The molecule has 0 saturated heterocycles. The summed E-state index contributed by atoms with van der Waals surface area (Å²) in [6, 6.07) is 9.49. The summed E-state index contributed by atoms with van der Waals surface area (Å²) in [5, 5.41) is 6.10. The third-order valence-corrected chi connectivity index (χ3v) is 3.58. The first-order chi connectivity index (χ1) is 11.5. The minimum absolute atomic E-state index is 0.225. The van der Waals surface area contributed by atoms with Crippen molar-refractivity contribution in [1.82, 2.24) is 14.9 Å². The van der Waals surface area contributed by atoms with E-state index in [2.05, 4.69) is 32.4 Å². The molecule has 0 unspecified atom stereocenters. The summed E-state index contributed by atoms with van der Waals surface area (Å²) in [7, 11) is 4.01. The van der Waals surface area contributed by atoms with Gasteiger partial charge < -0.3 is 15.5 Å². The third-order valence-electron chi connectivity index (χ3n) is 3.58. The van der Waals surface area contributed by atoms with Crippen LogP contribution in [0.15, 0.2) is 30.3 Å². The Hall–Kier alpha value is -2.47. The molecule has 0 aliphatic heterocycles. The predicted molar refractivity (Wildman–Crippen MR) is 97.6 cm³/mol. The summed E-state index contributed by atoms with van der Waals surface area (Å²) in [4.78, 5) is 23.3. The molecular weight excluding hydrogens is 302 g/mol. The van der Waals surface area contributed by atoms with E-state index < -0.39 is 0 Å². The van der Waals surface area contributed by atoms with Gasteiger partial charge in [-0.05, 0) is 45.1 Å². The number of hydrogen-bond acceptors (Lipinski definition) is 5. The summed E-state index contributed by atoms with van der Waals surface area (Å²) in [5.74, 6) is 0.253. The molecule has 0 radical (unpaired) electrons. The number of carbonyl (C=O) groups excluding carboxylic acids is 1. The number of benzene rings is 1. The maximum Gasteiger partial charge on any atom is 0.274 e. The Morgan fingerprint density at radius 3 is 2.67 bits per heavy atom. The van der Waals surface area contributed by atoms with Crippen molar-refractivity contribution in [3.63, 3.8) is 0 Å². The molecule has 2 N–H and O–H groups in total. The van der Waals surface area contributed by atoms with Crippen molar-refractivity contribution in [2.75, 3.05) is 37.8 Å². The van der Waals surface area contributed by atoms with Crippen molar-refractivity contribution < 1.29 is 4.79 Å². The van der Waals surface area contributed by atoms with Crippen molar-refractivity contribution >= 4 is 17.5 Å². The van der Waals surface area contributed by atoms with Crippen molar-refractivity contribution in [2.24, 2.45) is 0 Å². The lowest BCUT2D eigenvalue weighted by atomic mass is 10.1. The van der Waals surface area contributed by atoms with Gasteiger partial charge in [0.25, 0.3) is 5.91 Å². The average Bonchev–Trinajstić information content (AvgIpc) is 2.54. The Kier molecular flexibility index (Phi) is 6.26.